The summed E-state index contributed by atoms with van der Waals surface area (Å²) in [6, 6.07) is 0.652. The Balaban J connectivity index is 1.89. The predicted molar refractivity (Wildman–Crippen MR) is 45.7 cm³/mol. The molecule has 2 heterocycles. The van der Waals surface area contributed by atoms with Gasteiger partial charge in [0.25, 0.3) is 0 Å². The van der Waals surface area contributed by atoms with Crippen LogP contribution in [0.4, 0.5) is 0 Å². The average Bonchev–Trinajstić information content (AvgIpc) is 2.59. The van der Waals surface area contributed by atoms with Crippen LogP contribution < -0.4 is 0 Å². The zero-order valence-corrected chi connectivity index (χ0v) is 7.32. The quantitative estimate of drug-likeness (QED) is 0.598. The summed E-state index contributed by atoms with van der Waals surface area (Å²) in [4.78, 5) is 2.42. The van der Waals surface area contributed by atoms with Crippen LogP contribution in [0.15, 0.2) is 0 Å². The molecule has 2 unspecified atom stereocenters. The molecule has 2 saturated heterocycles. The molecule has 2 aliphatic rings. The summed E-state index contributed by atoms with van der Waals surface area (Å²) < 4.78 is 0. The van der Waals surface area contributed by atoms with Gasteiger partial charge in [0.2, 0.25) is 0 Å². The fourth-order valence-corrected chi connectivity index (χ4v) is 2.61. The Morgan fingerprint density at radius 2 is 1.50 bits per heavy atom. The second-order valence-electron chi connectivity index (χ2n) is 4.18. The molecule has 0 amide bonds. The standard InChI is InChI=1S/C9H17NO2/c11-5-7-1-9-2-8(6-12)4-10(9)3-7/h7-9,11-12H,1-6H2. The Morgan fingerprint density at radius 3 is 1.83 bits per heavy atom. The molecule has 2 rings (SSSR count). The van der Waals surface area contributed by atoms with E-state index in [4.69, 9.17) is 10.2 Å². The largest absolute Gasteiger partial charge is 0.396 e. The monoisotopic (exact) mass is 171 g/mol. The van der Waals surface area contributed by atoms with Crippen molar-refractivity contribution in [2.24, 2.45) is 11.8 Å². The molecule has 2 aliphatic heterocycles. The maximum absolute atomic E-state index is 8.97. The minimum absolute atomic E-state index is 0.330. The molecule has 0 spiro atoms. The van der Waals surface area contributed by atoms with E-state index in [2.05, 4.69) is 4.90 Å². The van der Waals surface area contributed by atoms with Gasteiger partial charge < -0.3 is 10.2 Å². The van der Waals surface area contributed by atoms with E-state index < -0.39 is 0 Å². The lowest BCUT2D eigenvalue weighted by atomic mass is 10.00. The van der Waals surface area contributed by atoms with E-state index in [0.29, 0.717) is 31.1 Å². The Bertz CT molecular complexity index is 133. The maximum atomic E-state index is 8.97. The zero-order valence-electron chi connectivity index (χ0n) is 7.32. The highest BCUT2D eigenvalue weighted by molar-refractivity contribution is 4.92. The van der Waals surface area contributed by atoms with Crippen molar-refractivity contribution in [3.63, 3.8) is 0 Å². The van der Waals surface area contributed by atoms with Gasteiger partial charge in [-0.25, -0.2) is 0 Å². The third-order valence-electron chi connectivity index (χ3n) is 3.23. The number of fused-ring (bicyclic) bond motifs is 1. The molecule has 12 heavy (non-hydrogen) atoms. The molecule has 0 saturated carbocycles. The SMILES string of the molecule is OCC1CC2CC(CO)CN2C1. The summed E-state index contributed by atoms with van der Waals surface area (Å²) in [5, 5.41) is 17.9. The first-order chi connectivity index (χ1) is 5.83. The van der Waals surface area contributed by atoms with Gasteiger partial charge in [-0.3, -0.25) is 4.90 Å². The van der Waals surface area contributed by atoms with E-state index in [1.807, 2.05) is 0 Å². The number of hydrogen-bond donors (Lipinski definition) is 2. The maximum Gasteiger partial charge on any atom is 0.0472 e. The van der Waals surface area contributed by atoms with Crippen LogP contribution in [0.3, 0.4) is 0 Å². The molecule has 0 aromatic heterocycles. The molecule has 0 radical (unpaired) electrons. The lowest BCUT2D eigenvalue weighted by molar-refractivity contribution is 0.200. The van der Waals surface area contributed by atoms with Crippen LogP contribution in [0.5, 0.6) is 0 Å². The Kier molecular flexibility index (Phi) is 2.35. The van der Waals surface area contributed by atoms with E-state index in [1.165, 1.54) is 0 Å². The number of nitrogens with zero attached hydrogens (tertiary/aromatic N) is 1. The highest BCUT2D eigenvalue weighted by atomic mass is 16.3. The summed E-state index contributed by atoms with van der Waals surface area (Å²) in [5.41, 5.74) is 0. The van der Waals surface area contributed by atoms with Crippen LogP contribution in [0.2, 0.25) is 0 Å². The van der Waals surface area contributed by atoms with Gasteiger partial charge in [0.05, 0.1) is 0 Å². The third kappa shape index (κ3) is 1.37. The number of hydrogen-bond acceptors (Lipinski definition) is 3. The van der Waals surface area contributed by atoms with Crippen LogP contribution in [0.1, 0.15) is 12.8 Å². The van der Waals surface area contributed by atoms with Crippen molar-refractivity contribution >= 4 is 0 Å². The van der Waals surface area contributed by atoms with Crippen LogP contribution in [-0.2, 0) is 0 Å². The molecular weight excluding hydrogens is 154 g/mol. The Hall–Kier alpha value is -0.120. The van der Waals surface area contributed by atoms with Gasteiger partial charge >= 0.3 is 0 Å². The lowest BCUT2D eigenvalue weighted by Gasteiger charge is -2.13. The molecule has 0 aliphatic carbocycles. The smallest absolute Gasteiger partial charge is 0.0472 e. The van der Waals surface area contributed by atoms with Crippen molar-refractivity contribution in [3.05, 3.63) is 0 Å². The van der Waals surface area contributed by atoms with E-state index in [0.717, 1.165) is 25.9 Å². The molecule has 2 N–H and O–H groups in total. The number of aliphatic hydroxyl groups is 2. The Labute approximate surface area is 73.0 Å². The van der Waals surface area contributed by atoms with E-state index >= 15 is 0 Å². The van der Waals surface area contributed by atoms with Gasteiger partial charge in [-0.2, -0.15) is 0 Å². The highest BCUT2D eigenvalue weighted by Gasteiger charge is 2.38. The van der Waals surface area contributed by atoms with Crippen LogP contribution in [0.25, 0.3) is 0 Å². The van der Waals surface area contributed by atoms with Crippen LogP contribution in [-0.4, -0.2) is 47.5 Å². The topological polar surface area (TPSA) is 43.7 Å². The van der Waals surface area contributed by atoms with Gasteiger partial charge in [0, 0.05) is 32.3 Å². The number of rotatable bonds is 2. The second-order valence-corrected chi connectivity index (χ2v) is 4.18. The molecule has 70 valence electrons. The minimum Gasteiger partial charge on any atom is -0.396 e. The van der Waals surface area contributed by atoms with E-state index in [9.17, 15) is 0 Å². The fraction of sp³-hybridized carbons (Fsp3) is 1.00. The third-order valence-corrected chi connectivity index (χ3v) is 3.23. The van der Waals surface area contributed by atoms with Crippen molar-refractivity contribution in [1.82, 2.24) is 4.90 Å². The molecule has 0 aromatic carbocycles. The average molecular weight is 171 g/mol. The van der Waals surface area contributed by atoms with Crippen molar-refractivity contribution in [2.75, 3.05) is 26.3 Å². The van der Waals surface area contributed by atoms with Crippen molar-refractivity contribution in [2.45, 2.75) is 18.9 Å². The van der Waals surface area contributed by atoms with Gasteiger partial charge in [0.15, 0.2) is 0 Å². The summed E-state index contributed by atoms with van der Waals surface area (Å²) in [7, 11) is 0. The second kappa shape index (κ2) is 3.32. The van der Waals surface area contributed by atoms with Gasteiger partial charge in [0.1, 0.15) is 0 Å². The molecule has 3 nitrogen and oxygen atoms in total. The van der Waals surface area contributed by atoms with Crippen molar-refractivity contribution < 1.29 is 10.2 Å². The fourth-order valence-electron chi connectivity index (χ4n) is 2.61. The number of aliphatic hydroxyl groups excluding tert-OH is 2. The highest BCUT2D eigenvalue weighted by Crippen LogP contribution is 2.33. The Morgan fingerprint density at radius 1 is 1.00 bits per heavy atom. The molecule has 2 atom stereocenters. The normalized spacial score (nSPS) is 42.0. The molecule has 2 fully saturated rings. The molecule has 0 aromatic rings. The lowest BCUT2D eigenvalue weighted by Crippen LogP contribution is -2.24. The van der Waals surface area contributed by atoms with Gasteiger partial charge in [-0.05, 0) is 24.7 Å². The van der Waals surface area contributed by atoms with Crippen molar-refractivity contribution in [1.29, 1.82) is 0 Å². The van der Waals surface area contributed by atoms with E-state index in [-0.39, 0.29) is 0 Å². The first kappa shape index (κ1) is 8.48. The predicted octanol–water partition coefficient (Wildman–Crippen LogP) is -0.319. The summed E-state index contributed by atoms with van der Waals surface area (Å²) >= 11 is 0. The van der Waals surface area contributed by atoms with Crippen LogP contribution in [0, 0.1) is 11.8 Å². The van der Waals surface area contributed by atoms with Gasteiger partial charge in [-0.1, -0.05) is 0 Å². The first-order valence-corrected chi connectivity index (χ1v) is 4.79. The van der Waals surface area contributed by atoms with E-state index in [1.54, 1.807) is 0 Å². The summed E-state index contributed by atoms with van der Waals surface area (Å²) in [5.74, 6) is 0.990. The molecule has 3 heteroatoms. The first-order valence-electron chi connectivity index (χ1n) is 4.79. The molecule has 0 bridgehead atoms. The van der Waals surface area contributed by atoms with Gasteiger partial charge in [-0.15, -0.1) is 0 Å². The zero-order chi connectivity index (χ0) is 8.55. The van der Waals surface area contributed by atoms with Crippen molar-refractivity contribution in [3.8, 4) is 0 Å². The summed E-state index contributed by atoms with van der Waals surface area (Å²) in [6.07, 6.45) is 2.26. The minimum atomic E-state index is 0.330. The summed E-state index contributed by atoms with van der Waals surface area (Å²) in [6.45, 7) is 2.74. The van der Waals surface area contributed by atoms with Crippen LogP contribution >= 0.6 is 0 Å². The molecular formula is C9H17NO2.